The first-order valence-electron chi connectivity index (χ1n) is 10.8. The number of carbonyl (C=O) groups is 2. The Kier molecular flexibility index (Phi) is 3.99. The highest BCUT2D eigenvalue weighted by Crippen LogP contribution is 2.50. The van der Waals surface area contributed by atoms with Gasteiger partial charge in [-0.25, -0.2) is 4.98 Å². The van der Waals surface area contributed by atoms with Gasteiger partial charge in [-0.1, -0.05) is 36.4 Å². The van der Waals surface area contributed by atoms with Crippen molar-refractivity contribution >= 4 is 22.8 Å². The zero-order valence-corrected chi connectivity index (χ0v) is 17.4. The zero-order chi connectivity index (χ0) is 21.2. The smallest absolute Gasteiger partial charge is 0.227 e. The van der Waals surface area contributed by atoms with Gasteiger partial charge in [-0.15, -0.1) is 0 Å². The van der Waals surface area contributed by atoms with Crippen LogP contribution in [0.3, 0.4) is 0 Å². The molecule has 3 atom stereocenters. The van der Waals surface area contributed by atoms with Gasteiger partial charge < -0.3 is 19.5 Å². The van der Waals surface area contributed by atoms with Gasteiger partial charge in [0.15, 0.2) is 5.72 Å². The summed E-state index contributed by atoms with van der Waals surface area (Å²) >= 11 is 0. The SMILES string of the molecule is Cc1nc2ccc(CC(=O)N3CC[C@@]45O[C@@H](c6ccccc6)CN4C(=O)C[C@@H]35)cc2[nH]1. The number of aromatic nitrogens is 2. The second-order valence-corrected chi connectivity index (χ2v) is 8.77. The van der Waals surface area contributed by atoms with Gasteiger partial charge in [0.25, 0.3) is 0 Å². The Bertz CT molecular complexity index is 1190. The van der Waals surface area contributed by atoms with Gasteiger partial charge in [0.1, 0.15) is 11.9 Å². The minimum atomic E-state index is -0.683. The quantitative estimate of drug-likeness (QED) is 0.712. The average molecular weight is 416 g/mol. The van der Waals surface area contributed by atoms with Crippen molar-refractivity contribution in [2.24, 2.45) is 0 Å². The van der Waals surface area contributed by atoms with E-state index in [1.807, 2.05) is 65.3 Å². The molecule has 2 amide bonds. The van der Waals surface area contributed by atoms with Crippen molar-refractivity contribution in [2.75, 3.05) is 13.1 Å². The maximum atomic E-state index is 13.3. The molecule has 0 aliphatic carbocycles. The number of benzene rings is 2. The molecule has 3 fully saturated rings. The zero-order valence-electron chi connectivity index (χ0n) is 17.4. The number of ether oxygens (including phenoxy) is 1. The molecule has 0 saturated carbocycles. The van der Waals surface area contributed by atoms with Gasteiger partial charge >= 0.3 is 0 Å². The van der Waals surface area contributed by atoms with E-state index in [-0.39, 0.29) is 24.0 Å². The number of nitrogens with one attached hydrogen (secondary N) is 1. The lowest BCUT2D eigenvalue weighted by Gasteiger charge is -2.32. The normalized spacial score (nSPS) is 27.2. The number of aromatic amines is 1. The van der Waals surface area contributed by atoms with Crippen molar-refractivity contribution in [1.82, 2.24) is 19.8 Å². The summed E-state index contributed by atoms with van der Waals surface area (Å²) in [5, 5.41) is 0. The molecule has 1 spiro atoms. The Balaban J connectivity index is 1.24. The van der Waals surface area contributed by atoms with Gasteiger partial charge in [-0.2, -0.15) is 0 Å². The Morgan fingerprint density at radius 2 is 2.10 bits per heavy atom. The fourth-order valence-electron chi connectivity index (χ4n) is 5.53. The summed E-state index contributed by atoms with van der Waals surface area (Å²) in [5.74, 6) is 0.977. The lowest BCUT2D eigenvalue weighted by Crippen LogP contribution is -2.49. The summed E-state index contributed by atoms with van der Waals surface area (Å²) in [6, 6.07) is 15.7. The number of hydrogen-bond donors (Lipinski definition) is 1. The van der Waals surface area contributed by atoms with Crippen LogP contribution in [0.5, 0.6) is 0 Å². The van der Waals surface area contributed by atoms with E-state index < -0.39 is 5.72 Å². The Morgan fingerprint density at radius 1 is 1.26 bits per heavy atom. The highest BCUT2D eigenvalue weighted by Gasteiger charge is 2.64. The summed E-state index contributed by atoms with van der Waals surface area (Å²) in [6.45, 7) is 3.08. The summed E-state index contributed by atoms with van der Waals surface area (Å²) in [6.07, 6.45) is 1.16. The number of fused-ring (bicyclic) bond motifs is 1. The third-order valence-electron chi connectivity index (χ3n) is 6.94. The van der Waals surface area contributed by atoms with E-state index in [4.69, 9.17) is 4.74 Å². The van der Waals surface area contributed by atoms with Crippen LogP contribution in [0.15, 0.2) is 48.5 Å². The van der Waals surface area contributed by atoms with Crippen LogP contribution in [0.4, 0.5) is 0 Å². The molecule has 0 unspecified atom stereocenters. The fourth-order valence-corrected chi connectivity index (χ4v) is 5.53. The molecule has 2 aromatic carbocycles. The molecule has 6 rings (SSSR count). The first-order chi connectivity index (χ1) is 15.0. The molecule has 158 valence electrons. The van der Waals surface area contributed by atoms with Gasteiger partial charge in [0.2, 0.25) is 11.8 Å². The van der Waals surface area contributed by atoms with Crippen LogP contribution in [-0.4, -0.2) is 56.4 Å². The van der Waals surface area contributed by atoms with Gasteiger partial charge in [0.05, 0.1) is 36.5 Å². The minimum Gasteiger partial charge on any atom is -0.343 e. The second kappa shape index (κ2) is 6.65. The first-order valence-corrected chi connectivity index (χ1v) is 10.8. The molecular formula is C24H24N4O3. The molecule has 0 bridgehead atoms. The van der Waals surface area contributed by atoms with Crippen LogP contribution >= 0.6 is 0 Å². The number of aryl methyl sites for hydroxylation is 1. The van der Waals surface area contributed by atoms with Crippen LogP contribution in [0.1, 0.15) is 35.9 Å². The standard InChI is InChI=1S/C24H24N4O3/c1-15-25-18-8-7-16(11-19(18)26-15)12-22(29)27-10-9-24-21(27)13-23(30)28(24)14-20(31-24)17-5-3-2-4-6-17/h2-8,11,20-21H,9-10,12-14H2,1H3,(H,25,26)/t20-,21-,24+/m1/s1. The van der Waals surface area contributed by atoms with E-state index >= 15 is 0 Å². The van der Waals surface area contributed by atoms with Gasteiger partial charge in [0, 0.05) is 13.0 Å². The van der Waals surface area contributed by atoms with Gasteiger partial charge in [-0.3, -0.25) is 9.59 Å². The van der Waals surface area contributed by atoms with Crippen LogP contribution in [0.25, 0.3) is 11.0 Å². The van der Waals surface area contributed by atoms with Crippen molar-refractivity contribution in [2.45, 2.75) is 44.1 Å². The van der Waals surface area contributed by atoms with E-state index in [0.29, 0.717) is 32.4 Å². The Labute approximate surface area is 180 Å². The van der Waals surface area contributed by atoms with E-state index in [0.717, 1.165) is 28.0 Å². The van der Waals surface area contributed by atoms with E-state index in [1.54, 1.807) is 0 Å². The van der Waals surface area contributed by atoms with Crippen LogP contribution in [0, 0.1) is 6.92 Å². The molecule has 31 heavy (non-hydrogen) atoms. The molecule has 1 aromatic heterocycles. The molecule has 3 aliphatic heterocycles. The summed E-state index contributed by atoms with van der Waals surface area (Å²) in [5.41, 5.74) is 3.17. The Hall–Kier alpha value is -3.19. The summed E-state index contributed by atoms with van der Waals surface area (Å²) in [7, 11) is 0. The largest absolute Gasteiger partial charge is 0.343 e. The molecule has 4 heterocycles. The molecule has 3 aliphatic rings. The molecule has 3 saturated heterocycles. The van der Waals surface area contributed by atoms with Crippen molar-refractivity contribution in [3.05, 3.63) is 65.5 Å². The van der Waals surface area contributed by atoms with Crippen LogP contribution in [-0.2, 0) is 20.7 Å². The second-order valence-electron chi connectivity index (χ2n) is 8.77. The topological polar surface area (TPSA) is 78.5 Å². The first kappa shape index (κ1) is 18.6. The minimum absolute atomic E-state index is 0.0406. The molecule has 1 N–H and O–H groups in total. The van der Waals surface area contributed by atoms with Crippen molar-refractivity contribution in [3.8, 4) is 0 Å². The predicted molar refractivity (Wildman–Crippen MR) is 114 cm³/mol. The fraction of sp³-hybridized carbons (Fsp3) is 0.375. The van der Waals surface area contributed by atoms with Gasteiger partial charge in [-0.05, 0) is 30.2 Å². The Morgan fingerprint density at radius 3 is 2.94 bits per heavy atom. The molecule has 7 nitrogen and oxygen atoms in total. The number of likely N-dealkylation sites (tertiary alicyclic amines) is 1. The van der Waals surface area contributed by atoms with E-state index in [2.05, 4.69) is 9.97 Å². The van der Waals surface area contributed by atoms with Crippen molar-refractivity contribution in [3.63, 3.8) is 0 Å². The predicted octanol–water partition coefficient (Wildman–Crippen LogP) is 2.71. The maximum Gasteiger partial charge on any atom is 0.227 e. The van der Waals surface area contributed by atoms with Crippen LogP contribution in [0.2, 0.25) is 0 Å². The average Bonchev–Trinajstić information content (AvgIpc) is 3.48. The number of hydrogen-bond acceptors (Lipinski definition) is 4. The third-order valence-corrected chi connectivity index (χ3v) is 6.94. The van der Waals surface area contributed by atoms with Crippen molar-refractivity contribution < 1.29 is 14.3 Å². The lowest BCUT2D eigenvalue weighted by atomic mass is 10.1. The number of amides is 2. The number of imidazole rings is 1. The number of rotatable bonds is 3. The third kappa shape index (κ3) is 2.80. The molecule has 7 heteroatoms. The summed E-state index contributed by atoms with van der Waals surface area (Å²) in [4.78, 5) is 37.5. The molecule has 3 aromatic rings. The maximum absolute atomic E-state index is 13.3. The number of H-pyrrole nitrogens is 1. The summed E-state index contributed by atoms with van der Waals surface area (Å²) < 4.78 is 6.54. The number of nitrogens with zero attached hydrogens (tertiary/aromatic N) is 3. The highest BCUT2D eigenvalue weighted by molar-refractivity contribution is 5.86. The molecular weight excluding hydrogens is 392 g/mol. The van der Waals surface area contributed by atoms with Crippen LogP contribution < -0.4 is 0 Å². The lowest BCUT2D eigenvalue weighted by molar-refractivity contribution is -0.142. The van der Waals surface area contributed by atoms with E-state index in [9.17, 15) is 9.59 Å². The molecule has 0 radical (unpaired) electrons. The monoisotopic (exact) mass is 416 g/mol. The highest BCUT2D eigenvalue weighted by atomic mass is 16.5. The van der Waals surface area contributed by atoms with Crippen molar-refractivity contribution in [1.29, 1.82) is 0 Å². The number of carbonyl (C=O) groups excluding carboxylic acids is 2. The van der Waals surface area contributed by atoms with E-state index in [1.165, 1.54) is 0 Å².